The zero-order chi connectivity index (χ0) is 21.3. The van der Waals surface area contributed by atoms with Gasteiger partial charge in [-0.3, -0.25) is 14.5 Å². The number of likely N-dealkylation sites (N-methyl/N-ethyl adjacent to an activating group) is 1. The van der Waals surface area contributed by atoms with Crippen molar-refractivity contribution in [2.45, 2.75) is 44.1 Å². The standard InChI is InChI=1S/C23H35N3O3S/c1-3-25(4-2)22(27)17-24-12-8-13-26(15-14-24)23(28)20-10-5-6-11-21(20)30-18-19-9-7-16-29-19/h5-6,10-11,19H,3-4,7-9,12-18H2,1-2H3. The van der Waals surface area contributed by atoms with E-state index in [1.165, 1.54) is 0 Å². The second kappa shape index (κ2) is 11.7. The quantitative estimate of drug-likeness (QED) is 0.590. The Labute approximate surface area is 184 Å². The molecular weight excluding hydrogens is 398 g/mol. The highest BCUT2D eigenvalue weighted by atomic mass is 32.2. The molecule has 0 bridgehead atoms. The minimum Gasteiger partial charge on any atom is -0.377 e. The number of amides is 2. The molecule has 2 amide bonds. The van der Waals surface area contributed by atoms with Gasteiger partial charge in [-0.25, -0.2) is 0 Å². The van der Waals surface area contributed by atoms with Crippen LogP contribution in [0.1, 0.15) is 43.5 Å². The zero-order valence-corrected chi connectivity index (χ0v) is 19.2. The Kier molecular flexibility index (Phi) is 9.03. The van der Waals surface area contributed by atoms with Crippen LogP contribution < -0.4 is 0 Å². The molecule has 1 unspecified atom stereocenters. The van der Waals surface area contributed by atoms with E-state index in [1.807, 2.05) is 47.9 Å². The van der Waals surface area contributed by atoms with Crippen LogP contribution in [-0.4, -0.2) is 90.8 Å². The van der Waals surface area contributed by atoms with Crippen LogP contribution in [0.15, 0.2) is 29.2 Å². The molecule has 30 heavy (non-hydrogen) atoms. The average molecular weight is 434 g/mol. The van der Waals surface area contributed by atoms with Crippen molar-refractivity contribution in [2.75, 3.05) is 58.2 Å². The van der Waals surface area contributed by atoms with Crippen molar-refractivity contribution in [3.8, 4) is 0 Å². The van der Waals surface area contributed by atoms with Gasteiger partial charge < -0.3 is 14.5 Å². The van der Waals surface area contributed by atoms with Crippen molar-refractivity contribution in [1.29, 1.82) is 0 Å². The largest absolute Gasteiger partial charge is 0.377 e. The summed E-state index contributed by atoms with van der Waals surface area (Å²) in [5, 5.41) is 0. The highest BCUT2D eigenvalue weighted by molar-refractivity contribution is 7.99. The second-order valence-corrected chi connectivity index (χ2v) is 8.99. The molecule has 2 saturated heterocycles. The van der Waals surface area contributed by atoms with E-state index in [4.69, 9.17) is 4.74 Å². The number of nitrogens with zero attached hydrogens (tertiary/aromatic N) is 3. The fourth-order valence-electron chi connectivity index (χ4n) is 4.10. The Hall–Kier alpha value is -1.57. The zero-order valence-electron chi connectivity index (χ0n) is 18.3. The van der Waals surface area contributed by atoms with E-state index in [1.54, 1.807) is 11.8 Å². The van der Waals surface area contributed by atoms with Gasteiger partial charge in [-0.15, -0.1) is 11.8 Å². The lowest BCUT2D eigenvalue weighted by Gasteiger charge is -2.25. The molecular formula is C23H35N3O3S. The third-order valence-corrected chi connectivity index (χ3v) is 7.12. The van der Waals surface area contributed by atoms with Crippen LogP contribution in [0.25, 0.3) is 0 Å². The molecule has 1 aromatic carbocycles. The van der Waals surface area contributed by atoms with Gasteiger partial charge in [-0.1, -0.05) is 12.1 Å². The maximum atomic E-state index is 13.3. The Balaban J connectivity index is 1.57. The van der Waals surface area contributed by atoms with Crippen LogP contribution in [0.4, 0.5) is 0 Å². The van der Waals surface area contributed by atoms with Crippen LogP contribution >= 0.6 is 11.8 Å². The van der Waals surface area contributed by atoms with E-state index in [0.29, 0.717) is 19.2 Å². The molecule has 2 heterocycles. The van der Waals surface area contributed by atoms with Crippen LogP contribution in [0.3, 0.4) is 0 Å². The van der Waals surface area contributed by atoms with E-state index in [0.717, 1.165) is 74.8 Å². The first kappa shape index (κ1) is 23.1. The van der Waals surface area contributed by atoms with Crippen molar-refractivity contribution in [3.63, 3.8) is 0 Å². The molecule has 2 fully saturated rings. The molecule has 0 saturated carbocycles. The van der Waals surface area contributed by atoms with Gasteiger partial charge in [-0.2, -0.15) is 0 Å². The number of benzene rings is 1. The lowest BCUT2D eigenvalue weighted by Crippen LogP contribution is -2.42. The number of carbonyl (C=O) groups is 2. The smallest absolute Gasteiger partial charge is 0.255 e. The maximum Gasteiger partial charge on any atom is 0.255 e. The monoisotopic (exact) mass is 433 g/mol. The van der Waals surface area contributed by atoms with Gasteiger partial charge in [0.1, 0.15) is 0 Å². The van der Waals surface area contributed by atoms with Gasteiger partial charge in [-0.05, 0) is 45.2 Å². The number of carbonyl (C=O) groups excluding carboxylic acids is 2. The Morgan fingerprint density at radius 3 is 2.63 bits per heavy atom. The molecule has 1 atom stereocenters. The molecule has 2 aliphatic rings. The van der Waals surface area contributed by atoms with Crippen molar-refractivity contribution < 1.29 is 14.3 Å². The van der Waals surface area contributed by atoms with Crippen molar-refractivity contribution in [1.82, 2.24) is 14.7 Å². The molecule has 0 spiro atoms. The maximum absolute atomic E-state index is 13.3. The predicted molar refractivity (Wildman–Crippen MR) is 121 cm³/mol. The second-order valence-electron chi connectivity index (χ2n) is 7.93. The summed E-state index contributed by atoms with van der Waals surface area (Å²) in [5.74, 6) is 1.17. The summed E-state index contributed by atoms with van der Waals surface area (Å²) in [6, 6.07) is 7.92. The first-order valence-electron chi connectivity index (χ1n) is 11.2. The first-order chi connectivity index (χ1) is 14.6. The number of hydrogen-bond donors (Lipinski definition) is 0. The molecule has 3 rings (SSSR count). The molecule has 6 nitrogen and oxygen atoms in total. The minimum atomic E-state index is 0.0994. The predicted octanol–water partition coefficient (Wildman–Crippen LogP) is 2.97. The van der Waals surface area contributed by atoms with Crippen LogP contribution in [0.2, 0.25) is 0 Å². The van der Waals surface area contributed by atoms with Gasteiger partial charge in [0, 0.05) is 56.5 Å². The SMILES string of the molecule is CCN(CC)C(=O)CN1CCCN(C(=O)c2ccccc2SCC2CCCO2)CC1. The molecule has 1 aromatic rings. The van der Waals surface area contributed by atoms with Crippen molar-refractivity contribution in [2.24, 2.45) is 0 Å². The molecule has 0 aliphatic carbocycles. The Bertz CT molecular complexity index is 705. The third kappa shape index (κ3) is 6.22. The summed E-state index contributed by atoms with van der Waals surface area (Å²) in [5.41, 5.74) is 0.785. The molecule has 0 radical (unpaired) electrons. The Morgan fingerprint density at radius 1 is 1.10 bits per heavy atom. The summed E-state index contributed by atoms with van der Waals surface area (Å²) in [6.07, 6.45) is 3.43. The summed E-state index contributed by atoms with van der Waals surface area (Å²) in [4.78, 5) is 32.8. The van der Waals surface area contributed by atoms with Crippen molar-refractivity contribution in [3.05, 3.63) is 29.8 Å². The normalized spacial score (nSPS) is 20.2. The van der Waals surface area contributed by atoms with Gasteiger partial charge in [0.15, 0.2) is 0 Å². The number of thioether (sulfide) groups is 1. The lowest BCUT2D eigenvalue weighted by molar-refractivity contribution is -0.132. The minimum absolute atomic E-state index is 0.0994. The fourth-order valence-corrected chi connectivity index (χ4v) is 5.21. The lowest BCUT2D eigenvalue weighted by atomic mass is 10.2. The Morgan fingerprint density at radius 2 is 1.90 bits per heavy atom. The fraction of sp³-hybridized carbons (Fsp3) is 0.652. The molecule has 2 aliphatic heterocycles. The molecule has 0 N–H and O–H groups in total. The summed E-state index contributed by atoms with van der Waals surface area (Å²) in [7, 11) is 0. The molecule has 0 aromatic heterocycles. The highest BCUT2D eigenvalue weighted by Crippen LogP contribution is 2.27. The van der Waals surface area contributed by atoms with E-state index < -0.39 is 0 Å². The van der Waals surface area contributed by atoms with Crippen molar-refractivity contribution >= 4 is 23.6 Å². The van der Waals surface area contributed by atoms with Gasteiger partial charge >= 0.3 is 0 Å². The van der Waals surface area contributed by atoms with Gasteiger partial charge in [0.2, 0.25) is 5.91 Å². The van der Waals surface area contributed by atoms with E-state index in [-0.39, 0.29) is 11.8 Å². The molecule has 166 valence electrons. The average Bonchev–Trinajstić information content (AvgIpc) is 3.18. The first-order valence-corrected chi connectivity index (χ1v) is 12.2. The van der Waals surface area contributed by atoms with E-state index >= 15 is 0 Å². The van der Waals surface area contributed by atoms with Crippen LogP contribution in [0.5, 0.6) is 0 Å². The number of rotatable bonds is 8. The topological polar surface area (TPSA) is 53.1 Å². The van der Waals surface area contributed by atoms with E-state index in [9.17, 15) is 9.59 Å². The van der Waals surface area contributed by atoms with Gasteiger partial charge in [0.05, 0.1) is 18.2 Å². The van der Waals surface area contributed by atoms with Crippen LogP contribution in [0, 0.1) is 0 Å². The highest BCUT2D eigenvalue weighted by Gasteiger charge is 2.24. The van der Waals surface area contributed by atoms with Crippen LogP contribution in [-0.2, 0) is 9.53 Å². The number of hydrogen-bond acceptors (Lipinski definition) is 5. The van der Waals surface area contributed by atoms with Gasteiger partial charge in [0.25, 0.3) is 5.91 Å². The number of ether oxygens (including phenoxy) is 1. The molecule has 7 heteroatoms. The third-order valence-electron chi connectivity index (χ3n) is 5.92. The summed E-state index contributed by atoms with van der Waals surface area (Å²) < 4.78 is 5.73. The summed E-state index contributed by atoms with van der Waals surface area (Å²) >= 11 is 1.73. The summed E-state index contributed by atoms with van der Waals surface area (Å²) in [6.45, 7) is 9.80. The van der Waals surface area contributed by atoms with E-state index in [2.05, 4.69) is 4.90 Å².